The standard InChI is InChI=1S/C14H13N3O4S3/c1-7-12(22-8(2)15-7)13(18)16-24(20,21)9-4-5-10-11(6-9)23-14(19)17(10)3/h4-6H,1-3H3,(H,16,18). The Hall–Kier alpha value is -2.04. The molecule has 0 saturated heterocycles. The Morgan fingerprint density at radius 2 is 1.96 bits per heavy atom. The summed E-state index contributed by atoms with van der Waals surface area (Å²) in [5.41, 5.74) is 1.13. The predicted octanol–water partition coefficient (Wildman–Crippen LogP) is 1.79. The number of nitrogens with one attached hydrogen (secondary N) is 1. The Kier molecular flexibility index (Phi) is 4.06. The van der Waals surface area contributed by atoms with Crippen molar-refractivity contribution in [1.29, 1.82) is 0 Å². The summed E-state index contributed by atoms with van der Waals surface area (Å²) in [5, 5.41) is 0.686. The Balaban J connectivity index is 1.97. The van der Waals surface area contributed by atoms with Gasteiger partial charge in [-0.2, -0.15) is 0 Å². The third kappa shape index (κ3) is 2.87. The van der Waals surface area contributed by atoms with Crippen LogP contribution in [0.2, 0.25) is 0 Å². The van der Waals surface area contributed by atoms with Crippen LogP contribution >= 0.6 is 22.7 Å². The molecule has 24 heavy (non-hydrogen) atoms. The van der Waals surface area contributed by atoms with Crippen molar-refractivity contribution in [1.82, 2.24) is 14.3 Å². The molecule has 0 radical (unpaired) electrons. The van der Waals surface area contributed by atoms with Gasteiger partial charge in [-0.1, -0.05) is 11.3 Å². The molecule has 7 nitrogen and oxygen atoms in total. The fraction of sp³-hybridized carbons (Fsp3) is 0.214. The Labute approximate surface area is 145 Å². The zero-order chi connectivity index (χ0) is 17.6. The van der Waals surface area contributed by atoms with E-state index in [1.54, 1.807) is 27.0 Å². The van der Waals surface area contributed by atoms with Crippen molar-refractivity contribution in [2.75, 3.05) is 0 Å². The van der Waals surface area contributed by atoms with Crippen molar-refractivity contribution in [3.8, 4) is 0 Å². The van der Waals surface area contributed by atoms with E-state index in [1.165, 1.54) is 16.7 Å². The molecule has 2 heterocycles. The number of hydrogen-bond donors (Lipinski definition) is 1. The van der Waals surface area contributed by atoms with Crippen LogP contribution in [0, 0.1) is 13.8 Å². The van der Waals surface area contributed by atoms with Crippen LogP contribution in [0.1, 0.15) is 20.4 Å². The first-order chi connectivity index (χ1) is 11.2. The fourth-order valence-electron chi connectivity index (χ4n) is 2.25. The Morgan fingerprint density at radius 3 is 2.58 bits per heavy atom. The molecule has 10 heteroatoms. The maximum absolute atomic E-state index is 12.4. The SMILES string of the molecule is Cc1nc(C)c(C(=O)NS(=O)(=O)c2ccc3c(c2)sc(=O)n3C)s1. The van der Waals surface area contributed by atoms with Crippen LogP contribution in [0.4, 0.5) is 0 Å². The van der Waals surface area contributed by atoms with Gasteiger partial charge in [0, 0.05) is 7.05 Å². The first-order valence-corrected chi connectivity index (χ1v) is 9.91. The maximum Gasteiger partial charge on any atom is 0.307 e. The van der Waals surface area contributed by atoms with Gasteiger partial charge in [0.2, 0.25) is 0 Å². The number of aryl methyl sites for hydroxylation is 3. The van der Waals surface area contributed by atoms with Gasteiger partial charge in [0.25, 0.3) is 15.9 Å². The Morgan fingerprint density at radius 1 is 1.25 bits per heavy atom. The van der Waals surface area contributed by atoms with Crippen LogP contribution in [0.3, 0.4) is 0 Å². The lowest BCUT2D eigenvalue weighted by atomic mass is 10.3. The number of benzene rings is 1. The van der Waals surface area contributed by atoms with E-state index in [2.05, 4.69) is 9.71 Å². The third-order valence-electron chi connectivity index (χ3n) is 3.41. The van der Waals surface area contributed by atoms with Crippen molar-refractivity contribution in [2.24, 2.45) is 7.05 Å². The number of thiazole rings is 2. The second-order valence-electron chi connectivity index (χ2n) is 5.14. The van der Waals surface area contributed by atoms with E-state index in [0.717, 1.165) is 22.7 Å². The molecule has 0 atom stereocenters. The number of aromatic nitrogens is 2. The lowest BCUT2D eigenvalue weighted by molar-refractivity contribution is 0.0984. The average molecular weight is 383 g/mol. The molecular formula is C14H13N3O4S3. The van der Waals surface area contributed by atoms with E-state index in [1.807, 2.05) is 0 Å². The molecule has 1 amide bonds. The molecule has 0 aliphatic rings. The van der Waals surface area contributed by atoms with Gasteiger partial charge >= 0.3 is 4.87 Å². The van der Waals surface area contributed by atoms with Crippen molar-refractivity contribution in [3.63, 3.8) is 0 Å². The minimum atomic E-state index is -4.04. The highest BCUT2D eigenvalue weighted by atomic mass is 32.2. The van der Waals surface area contributed by atoms with Crippen molar-refractivity contribution in [3.05, 3.63) is 43.4 Å². The van der Waals surface area contributed by atoms with E-state index in [9.17, 15) is 18.0 Å². The van der Waals surface area contributed by atoms with Crippen molar-refractivity contribution < 1.29 is 13.2 Å². The molecule has 0 fully saturated rings. The predicted molar refractivity (Wildman–Crippen MR) is 93.3 cm³/mol. The van der Waals surface area contributed by atoms with Crippen LogP contribution in [0.5, 0.6) is 0 Å². The van der Waals surface area contributed by atoms with E-state index < -0.39 is 15.9 Å². The molecule has 0 spiro atoms. The number of hydrogen-bond acceptors (Lipinski definition) is 7. The summed E-state index contributed by atoms with van der Waals surface area (Å²) in [4.78, 5) is 28.0. The van der Waals surface area contributed by atoms with Crippen LogP contribution < -0.4 is 9.60 Å². The molecule has 2 aromatic heterocycles. The van der Waals surface area contributed by atoms with E-state index in [0.29, 0.717) is 20.9 Å². The van der Waals surface area contributed by atoms with Crippen LogP contribution in [-0.4, -0.2) is 23.9 Å². The van der Waals surface area contributed by atoms with Gasteiger partial charge in [-0.15, -0.1) is 11.3 Å². The molecule has 3 aromatic rings. The van der Waals surface area contributed by atoms with Gasteiger partial charge in [0.05, 0.1) is 25.8 Å². The summed E-state index contributed by atoms with van der Waals surface area (Å²) < 4.78 is 28.9. The maximum atomic E-state index is 12.4. The highest BCUT2D eigenvalue weighted by molar-refractivity contribution is 7.90. The average Bonchev–Trinajstić information content (AvgIpc) is 2.98. The molecule has 126 valence electrons. The quantitative estimate of drug-likeness (QED) is 0.744. The van der Waals surface area contributed by atoms with E-state index in [4.69, 9.17) is 0 Å². The first-order valence-electron chi connectivity index (χ1n) is 6.80. The van der Waals surface area contributed by atoms with Crippen molar-refractivity contribution >= 4 is 48.8 Å². The number of sulfonamides is 1. The summed E-state index contributed by atoms with van der Waals surface area (Å²) in [7, 11) is -2.42. The summed E-state index contributed by atoms with van der Waals surface area (Å²) in [6, 6.07) is 4.31. The minimum absolute atomic E-state index is 0.0657. The zero-order valence-corrected chi connectivity index (χ0v) is 15.4. The third-order valence-corrected chi connectivity index (χ3v) is 6.81. The largest absolute Gasteiger partial charge is 0.307 e. The van der Waals surface area contributed by atoms with Gasteiger partial charge < -0.3 is 4.57 Å². The second-order valence-corrected chi connectivity index (χ2v) is 9.02. The summed E-state index contributed by atoms with van der Waals surface area (Å²) in [6.45, 7) is 3.40. The monoisotopic (exact) mass is 383 g/mol. The summed E-state index contributed by atoms with van der Waals surface area (Å²) in [5.74, 6) is -0.709. The second kappa shape index (κ2) is 5.80. The zero-order valence-electron chi connectivity index (χ0n) is 13.0. The molecule has 0 unspecified atom stereocenters. The fourth-order valence-corrected chi connectivity index (χ4v) is 5.11. The molecule has 0 bridgehead atoms. The molecule has 0 aliphatic carbocycles. The van der Waals surface area contributed by atoms with Crippen LogP contribution in [-0.2, 0) is 17.1 Å². The van der Waals surface area contributed by atoms with E-state index >= 15 is 0 Å². The van der Waals surface area contributed by atoms with E-state index in [-0.39, 0.29) is 14.6 Å². The smallest absolute Gasteiger partial charge is 0.302 e. The summed E-state index contributed by atoms with van der Waals surface area (Å²) in [6.07, 6.45) is 0. The molecule has 0 saturated carbocycles. The number of carbonyl (C=O) groups is 1. The Bertz CT molecular complexity index is 1120. The highest BCUT2D eigenvalue weighted by Gasteiger charge is 2.22. The number of nitrogens with zero attached hydrogens (tertiary/aromatic N) is 2. The van der Waals surface area contributed by atoms with Gasteiger partial charge in [0.1, 0.15) is 4.88 Å². The van der Waals surface area contributed by atoms with Gasteiger partial charge in [-0.25, -0.2) is 18.1 Å². The van der Waals surface area contributed by atoms with Crippen molar-refractivity contribution in [2.45, 2.75) is 18.7 Å². The minimum Gasteiger partial charge on any atom is -0.302 e. The summed E-state index contributed by atoms with van der Waals surface area (Å²) >= 11 is 2.09. The van der Waals surface area contributed by atoms with Gasteiger partial charge in [-0.05, 0) is 32.0 Å². The number of amides is 1. The first kappa shape index (κ1) is 16.8. The lowest BCUT2D eigenvalue weighted by Gasteiger charge is -2.06. The molecule has 1 N–H and O–H groups in total. The number of carbonyl (C=O) groups excluding carboxylic acids is 1. The number of rotatable bonds is 3. The van der Waals surface area contributed by atoms with Crippen LogP contribution in [0.25, 0.3) is 10.2 Å². The van der Waals surface area contributed by atoms with Crippen LogP contribution in [0.15, 0.2) is 27.9 Å². The van der Waals surface area contributed by atoms with Gasteiger partial charge in [-0.3, -0.25) is 9.59 Å². The lowest BCUT2D eigenvalue weighted by Crippen LogP contribution is -2.30. The number of fused-ring (bicyclic) bond motifs is 1. The topological polar surface area (TPSA) is 98.1 Å². The molecule has 1 aromatic carbocycles. The molecule has 3 rings (SSSR count). The molecular weight excluding hydrogens is 370 g/mol. The normalized spacial score (nSPS) is 11.8. The molecule has 0 aliphatic heterocycles. The highest BCUT2D eigenvalue weighted by Crippen LogP contribution is 2.22. The van der Waals surface area contributed by atoms with Gasteiger partial charge in [0.15, 0.2) is 0 Å².